The molecule has 0 bridgehead atoms. The first kappa shape index (κ1) is 13.0. The van der Waals surface area contributed by atoms with E-state index >= 15 is 0 Å². The maximum Gasteiger partial charge on any atom is 0.0798 e. The highest BCUT2D eigenvalue weighted by Gasteiger charge is 2.31. The van der Waals surface area contributed by atoms with Gasteiger partial charge in [0.15, 0.2) is 0 Å². The molecule has 0 aromatic carbocycles. The molecule has 0 radical (unpaired) electrons. The minimum atomic E-state index is -0.481. The maximum absolute atomic E-state index is 10.4. The molecule has 0 amide bonds. The van der Waals surface area contributed by atoms with E-state index in [-0.39, 0.29) is 0 Å². The Labute approximate surface area is 107 Å². The molecule has 2 N–H and O–H groups in total. The van der Waals surface area contributed by atoms with Crippen LogP contribution in [-0.2, 0) is 6.54 Å². The molecule has 0 atom stereocenters. The van der Waals surface area contributed by atoms with Gasteiger partial charge < -0.3 is 10.4 Å². The van der Waals surface area contributed by atoms with Crippen LogP contribution in [0.5, 0.6) is 0 Å². The van der Waals surface area contributed by atoms with Gasteiger partial charge in [-0.05, 0) is 38.5 Å². The Morgan fingerprint density at radius 2 is 2.24 bits per heavy atom. The molecule has 1 fully saturated rings. The van der Waals surface area contributed by atoms with Gasteiger partial charge in [0.05, 0.1) is 16.8 Å². The molecule has 1 saturated carbocycles. The van der Waals surface area contributed by atoms with Gasteiger partial charge in [0.2, 0.25) is 0 Å². The number of rotatable bonds is 4. The van der Waals surface area contributed by atoms with Crippen molar-refractivity contribution >= 4 is 11.3 Å². The Hall–Kier alpha value is -0.450. The molecule has 0 aliphatic heterocycles. The molecule has 1 heterocycles. The summed E-state index contributed by atoms with van der Waals surface area (Å²) in [5.41, 5.74) is 2.50. The number of aliphatic hydroxyl groups is 1. The number of nitrogens with one attached hydrogen (secondary N) is 1. The Morgan fingerprint density at radius 1 is 1.53 bits per heavy atom. The highest BCUT2D eigenvalue weighted by molar-refractivity contribution is 7.09. The van der Waals surface area contributed by atoms with Crippen molar-refractivity contribution in [1.82, 2.24) is 10.3 Å². The van der Waals surface area contributed by atoms with Gasteiger partial charge in [-0.15, -0.1) is 11.3 Å². The second-order valence-electron chi connectivity index (χ2n) is 5.37. The van der Waals surface area contributed by atoms with Crippen LogP contribution < -0.4 is 5.32 Å². The average molecular weight is 254 g/mol. The van der Waals surface area contributed by atoms with Crippen LogP contribution in [0.3, 0.4) is 0 Å². The van der Waals surface area contributed by atoms with Crippen LogP contribution in [0.25, 0.3) is 0 Å². The topological polar surface area (TPSA) is 45.2 Å². The lowest BCUT2D eigenvalue weighted by Gasteiger charge is -2.35. The Morgan fingerprint density at radius 3 is 2.82 bits per heavy atom. The van der Waals surface area contributed by atoms with Gasteiger partial charge in [-0.1, -0.05) is 6.92 Å². The van der Waals surface area contributed by atoms with Crippen LogP contribution >= 0.6 is 11.3 Å². The number of aryl methyl sites for hydroxylation is 1. The van der Waals surface area contributed by atoms with Crippen molar-refractivity contribution in [1.29, 1.82) is 0 Å². The second kappa shape index (κ2) is 5.46. The van der Waals surface area contributed by atoms with Crippen LogP contribution in [0, 0.1) is 12.8 Å². The quantitative estimate of drug-likeness (QED) is 0.867. The van der Waals surface area contributed by atoms with Crippen LogP contribution in [0.4, 0.5) is 0 Å². The van der Waals surface area contributed by atoms with Crippen LogP contribution in [0.1, 0.15) is 43.2 Å². The molecular weight excluding hydrogens is 232 g/mol. The monoisotopic (exact) mass is 254 g/mol. The van der Waals surface area contributed by atoms with Crippen molar-refractivity contribution in [2.24, 2.45) is 5.92 Å². The fourth-order valence-corrected chi connectivity index (χ4v) is 3.13. The van der Waals surface area contributed by atoms with Gasteiger partial charge in [-0.3, -0.25) is 0 Å². The minimum absolute atomic E-state index is 0.481. The largest absolute Gasteiger partial charge is 0.389 e. The molecule has 1 aliphatic carbocycles. The summed E-state index contributed by atoms with van der Waals surface area (Å²) in [6.45, 7) is 5.84. The highest BCUT2D eigenvalue weighted by atomic mass is 32.1. The number of aromatic nitrogens is 1. The summed E-state index contributed by atoms with van der Waals surface area (Å²) in [6.07, 6.45) is 4.17. The molecule has 0 saturated heterocycles. The molecule has 1 aromatic heterocycles. The van der Waals surface area contributed by atoms with Crippen molar-refractivity contribution in [3.05, 3.63) is 16.1 Å². The van der Waals surface area contributed by atoms with E-state index in [0.29, 0.717) is 6.54 Å². The van der Waals surface area contributed by atoms with Gasteiger partial charge in [-0.25, -0.2) is 4.98 Å². The van der Waals surface area contributed by atoms with Crippen molar-refractivity contribution < 1.29 is 5.11 Å². The first-order chi connectivity index (χ1) is 8.09. The van der Waals surface area contributed by atoms with Crippen LogP contribution in [0.2, 0.25) is 0 Å². The van der Waals surface area contributed by atoms with E-state index in [4.69, 9.17) is 0 Å². The van der Waals surface area contributed by atoms with Crippen LogP contribution in [0.15, 0.2) is 5.51 Å². The van der Waals surface area contributed by atoms with Gasteiger partial charge in [-0.2, -0.15) is 0 Å². The Kier molecular flexibility index (Phi) is 4.17. The molecule has 17 heavy (non-hydrogen) atoms. The van der Waals surface area contributed by atoms with Crippen LogP contribution in [-0.4, -0.2) is 22.2 Å². The Bertz CT molecular complexity index is 356. The molecule has 3 nitrogen and oxygen atoms in total. The summed E-state index contributed by atoms with van der Waals surface area (Å²) in [6, 6.07) is 0. The molecule has 4 heteroatoms. The molecular formula is C13H22N2OS. The van der Waals surface area contributed by atoms with E-state index in [0.717, 1.165) is 43.8 Å². The standard InChI is InChI=1S/C13H22N2OS/c1-10-3-5-13(16,6-4-10)8-14-7-12-11(2)15-9-17-12/h9-10,14,16H,3-8H2,1-2H3. The number of thiazole rings is 1. The lowest BCUT2D eigenvalue weighted by molar-refractivity contribution is -0.00626. The predicted molar refractivity (Wildman–Crippen MR) is 71.1 cm³/mol. The normalized spacial score (nSPS) is 29.5. The first-order valence-electron chi connectivity index (χ1n) is 6.41. The zero-order valence-electron chi connectivity index (χ0n) is 10.7. The zero-order chi connectivity index (χ0) is 12.3. The molecule has 1 aliphatic rings. The summed E-state index contributed by atoms with van der Waals surface area (Å²) >= 11 is 1.68. The fourth-order valence-electron chi connectivity index (χ4n) is 2.38. The van der Waals surface area contributed by atoms with Gasteiger partial charge in [0.1, 0.15) is 0 Å². The van der Waals surface area contributed by atoms with Crippen molar-refractivity contribution in [3.8, 4) is 0 Å². The summed E-state index contributed by atoms with van der Waals surface area (Å²) in [5.74, 6) is 0.777. The van der Waals surface area contributed by atoms with Crippen molar-refractivity contribution in [2.75, 3.05) is 6.54 Å². The van der Waals surface area contributed by atoms with Gasteiger partial charge in [0.25, 0.3) is 0 Å². The average Bonchev–Trinajstić information content (AvgIpc) is 2.70. The number of nitrogens with zero attached hydrogens (tertiary/aromatic N) is 1. The van der Waals surface area contributed by atoms with Gasteiger partial charge >= 0.3 is 0 Å². The SMILES string of the molecule is Cc1ncsc1CNCC1(O)CCC(C)CC1. The molecule has 0 unspecified atom stereocenters. The van der Waals surface area contributed by atoms with E-state index in [1.807, 2.05) is 12.4 Å². The summed E-state index contributed by atoms with van der Waals surface area (Å²) in [7, 11) is 0. The first-order valence-corrected chi connectivity index (χ1v) is 7.29. The van der Waals surface area contributed by atoms with E-state index in [2.05, 4.69) is 17.2 Å². The van der Waals surface area contributed by atoms with E-state index in [9.17, 15) is 5.11 Å². The summed E-state index contributed by atoms with van der Waals surface area (Å²) in [4.78, 5) is 5.50. The van der Waals surface area contributed by atoms with E-state index < -0.39 is 5.60 Å². The van der Waals surface area contributed by atoms with E-state index in [1.54, 1.807) is 11.3 Å². The third kappa shape index (κ3) is 3.50. The molecule has 96 valence electrons. The highest BCUT2D eigenvalue weighted by Crippen LogP contribution is 2.31. The number of hydrogen-bond acceptors (Lipinski definition) is 4. The smallest absolute Gasteiger partial charge is 0.0798 e. The minimum Gasteiger partial charge on any atom is -0.389 e. The van der Waals surface area contributed by atoms with E-state index in [1.165, 1.54) is 4.88 Å². The predicted octanol–water partition coefficient (Wildman–Crippen LogP) is 2.48. The summed E-state index contributed by atoms with van der Waals surface area (Å²) in [5, 5.41) is 13.8. The molecule has 1 aromatic rings. The maximum atomic E-state index is 10.4. The number of hydrogen-bond donors (Lipinski definition) is 2. The van der Waals surface area contributed by atoms with Crippen molar-refractivity contribution in [3.63, 3.8) is 0 Å². The molecule has 0 spiro atoms. The fraction of sp³-hybridized carbons (Fsp3) is 0.769. The zero-order valence-corrected chi connectivity index (χ0v) is 11.5. The Balaban J connectivity index is 1.76. The lowest BCUT2D eigenvalue weighted by atomic mass is 9.79. The summed E-state index contributed by atoms with van der Waals surface area (Å²) < 4.78 is 0. The lowest BCUT2D eigenvalue weighted by Crippen LogP contribution is -2.43. The van der Waals surface area contributed by atoms with Gasteiger partial charge in [0, 0.05) is 18.0 Å². The van der Waals surface area contributed by atoms with Crippen molar-refractivity contribution in [2.45, 2.75) is 51.7 Å². The third-order valence-corrected chi connectivity index (χ3v) is 4.72. The molecule has 2 rings (SSSR count). The third-order valence-electron chi connectivity index (χ3n) is 3.79. The second-order valence-corrected chi connectivity index (χ2v) is 6.31.